The Kier molecular flexibility index (Phi) is 6.43. The highest BCUT2D eigenvalue weighted by atomic mass is 35.5. The topological polar surface area (TPSA) is 52.8 Å². The van der Waals surface area contributed by atoms with E-state index in [0.717, 1.165) is 49.4 Å². The number of ether oxygens (including phenoxy) is 1. The summed E-state index contributed by atoms with van der Waals surface area (Å²) in [5, 5.41) is 14.5. The Morgan fingerprint density at radius 1 is 1.14 bits per heavy atom. The molecule has 9 heteroatoms. The molecule has 3 heterocycles. The summed E-state index contributed by atoms with van der Waals surface area (Å²) < 4.78 is 8.30. The third kappa shape index (κ3) is 4.47. The normalized spacial score (nSPS) is 11.2. The molecular weight excluding hydrogens is 432 g/mol. The molecule has 1 aromatic carbocycles. The lowest BCUT2D eigenvalue weighted by Gasteiger charge is -2.08. The molecule has 0 unspecified atom stereocenters. The highest BCUT2D eigenvalue weighted by Gasteiger charge is 2.17. The van der Waals surface area contributed by atoms with Crippen molar-refractivity contribution >= 4 is 46.0 Å². The fourth-order valence-electron chi connectivity index (χ4n) is 2.66. The van der Waals surface area contributed by atoms with Gasteiger partial charge in [0.1, 0.15) is 0 Å². The van der Waals surface area contributed by atoms with Crippen LogP contribution in [0, 0.1) is 0 Å². The van der Waals surface area contributed by atoms with Gasteiger partial charge in [0.25, 0.3) is 0 Å². The third-order valence-corrected chi connectivity index (χ3v) is 7.03. The highest BCUT2D eigenvalue weighted by molar-refractivity contribution is 8.00. The predicted octanol–water partition coefficient (Wildman–Crippen LogP) is 5.97. The fourth-order valence-corrected chi connectivity index (χ4v) is 5.28. The second-order valence-corrected chi connectivity index (χ2v) is 9.35. The van der Waals surface area contributed by atoms with Crippen LogP contribution in [0.5, 0.6) is 0 Å². The average molecular weight is 449 g/mol. The number of methoxy groups -OCH3 is 1. The van der Waals surface area contributed by atoms with Crippen molar-refractivity contribution in [3.05, 3.63) is 52.2 Å². The number of aromatic nitrogens is 4. The summed E-state index contributed by atoms with van der Waals surface area (Å²) in [7, 11) is 1.72. The Balaban J connectivity index is 1.58. The Morgan fingerprint density at radius 3 is 2.75 bits per heavy atom. The Morgan fingerprint density at radius 2 is 2.00 bits per heavy atom. The molecule has 144 valence electrons. The summed E-state index contributed by atoms with van der Waals surface area (Å²) >= 11 is 10.8. The number of benzene rings is 1. The van der Waals surface area contributed by atoms with Gasteiger partial charge in [0.15, 0.2) is 15.3 Å². The van der Waals surface area contributed by atoms with E-state index in [2.05, 4.69) is 31.6 Å². The first-order valence-corrected chi connectivity index (χ1v) is 11.6. The Labute approximate surface area is 180 Å². The molecule has 0 fully saturated rings. The third-order valence-electron chi connectivity index (χ3n) is 3.99. The molecule has 0 aliphatic carbocycles. The zero-order chi connectivity index (χ0) is 19.3. The van der Waals surface area contributed by atoms with Gasteiger partial charge in [-0.2, -0.15) is 0 Å². The zero-order valence-electron chi connectivity index (χ0n) is 15.0. The molecule has 0 aliphatic rings. The van der Waals surface area contributed by atoms with E-state index in [1.807, 2.05) is 30.3 Å². The summed E-state index contributed by atoms with van der Waals surface area (Å²) in [6.07, 6.45) is 0.897. The van der Waals surface area contributed by atoms with E-state index in [1.54, 1.807) is 41.5 Å². The quantitative estimate of drug-likeness (QED) is 0.311. The maximum atomic E-state index is 5.98. The van der Waals surface area contributed by atoms with Gasteiger partial charge in [0, 0.05) is 36.2 Å². The maximum Gasteiger partial charge on any atom is 0.198 e. The van der Waals surface area contributed by atoms with Gasteiger partial charge in [-0.05, 0) is 41.8 Å². The fraction of sp³-hybridized carbons (Fsp3) is 0.211. The highest BCUT2D eigenvalue weighted by Crippen LogP contribution is 2.35. The SMILES string of the molecule is COCCCn1c(Sc2nc(-c3ccc(Cl)cc3)cs2)nnc1-c1cccs1. The number of thiazole rings is 1. The van der Waals surface area contributed by atoms with Crippen LogP contribution in [0.15, 0.2) is 56.7 Å². The van der Waals surface area contributed by atoms with Gasteiger partial charge in [0.2, 0.25) is 0 Å². The van der Waals surface area contributed by atoms with Crippen LogP contribution < -0.4 is 0 Å². The summed E-state index contributed by atoms with van der Waals surface area (Å²) in [6, 6.07) is 11.8. The van der Waals surface area contributed by atoms with Crippen molar-refractivity contribution in [2.24, 2.45) is 0 Å². The minimum Gasteiger partial charge on any atom is -0.385 e. The molecule has 3 aromatic heterocycles. The molecule has 4 aromatic rings. The van der Waals surface area contributed by atoms with Gasteiger partial charge in [-0.1, -0.05) is 29.8 Å². The van der Waals surface area contributed by atoms with E-state index in [0.29, 0.717) is 6.61 Å². The number of thiophene rings is 1. The van der Waals surface area contributed by atoms with E-state index in [1.165, 1.54) is 0 Å². The van der Waals surface area contributed by atoms with Crippen molar-refractivity contribution < 1.29 is 4.74 Å². The van der Waals surface area contributed by atoms with Crippen LogP contribution in [-0.2, 0) is 11.3 Å². The summed E-state index contributed by atoms with van der Waals surface area (Å²) in [6.45, 7) is 1.50. The van der Waals surface area contributed by atoms with E-state index >= 15 is 0 Å². The van der Waals surface area contributed by atoms with Crippen LogP contribution in [0.25, 0.3) is 22.0 Å². The molecule has 0 N–H and O–H groups in total. The average Bonchev–Trinajstić information content (AvgIpc) is 3.44. The van der Waals surface area contributed by atoms with Gasteiger partial charge in [-0.3, -0.25) is 0 Å². The largest absolute Gasteiger partial charge is 0.385 e. The second kappa shape index (κ2) is 9.19. The lowest BCUT2D eigenvalue weighted by Crippen LogP contribution is -2.04. The summed E-state index contributed by atoms with van der Waals surface area (Å²) in [5.74, 6) is 0.892. The lowest BCUT2D eigenvalue weighted by atomic mass is 10.2. The minimum atomic E-state index is 0.699. The molecule has 0 radical (unpaired) electrons. The van der Waals surface area contributed by atoms with Gasteiger partial charge in [0.05, 0.1) is 10.6 Å². The summed E-state index contributed by atoms with van der Waals surface area (Å²) in [5.41, 5.74) is 1.99. The first-order valence-electron chi connectivity index (χ1n) is 8.60. The molecule has 0 spiro atoms. The van der Waals surface area contributed by atoms with Crippen LogP contribution in [0.1, 0.15) is 6.42 Å². The van der Waals surface area contributed by atoms with Crippen molar-refractivity contribution in [3.8, 4) is 22.0 Å². The van der Waals surface area contributed by atoms with Crippen molar-refractivity contribution in [2.45, 2.75) is 22.5 Å². The first-order chi connectivity index (χ1) is 13.7. The molecule has 0 atom stereocenters. The van der Waals surface area contributed by atoms with E-state index in [9.17, 15) is 0 Å². The van der Waals surface area contributed by atoms with Crippen molar-refractivity contribution in [3.63, 3.8) is 0 Å². The van der Waals surface area contributed by atoms with Crippen molar-refractivity contribution in [2.75, 3.05) is 13.7 Å². The molecule has 4 rings (SSSR count). The van der Waals surface area contributed by atoms with E-state index in [4.69, 9.17) is 21.3 Å². The van der Waals surface area contributed by atoms with Gasteiger partial charge in [-0.15, -0.1) is 32.9 Å². The number of rotatable bonds is 8. The number of hydrogen-bond acceptors (Lipinski definition) is 7. The number of halogens is 1. The van der Waals surface area contributed by atoms with E-state index in [-0.39, 0.29) is 0 Å². The molecule has 28 heavy (non-hydrogen) atoms. The van der Waals surface area contributed by atoms with E-state index < -0.39 is 0 Å². The first kappa shape index (κ1) is 19.6. The Hall–Kier alpha value is -1.71. The number of hydrogen-bond donors (Lipinski definition) is 0. The van der Waals surface area contributed by atoms with Crippen LogP contribution in [0.3, 0.4) is 0 Å². The predicted molar refractivity (Wildman–Crippen MR) is 117 cm³/mol. The minimum absolute atomic E-state index is 0.699. The van der Waals surface area contributed by atoms with Crippen LogP contribution in [-0.4, -0.2) is 33.5 Å². The van der Waals surface area contributed by atoms with Gasteiger partial charge in [-0.25, -0.2) is 4.98 Å². The standard InChI is InChI=1S/C19H17ClN4OS3/c1-25-10-3-9-24-17(16-4-2-11-26-16)22-23-18(24)28-19-21-15(12-27-19)13-5-7-14(20)8-6-13/h2,4-8,11-12H,3,9-10H2,1H3. The van der Waals surface area contributed by atoms with Crippen LogP contribution in [0.2, 0.25) is 5.02 Å². The molecular formula is C19H17ClN4OS3. The molecule has 0 bridgehead atoms. The van der Waals surface area contributed by atoms with Crippen molar-refractivity contribution in [1.82, 2.24) is 19.7 Å². The zero-order valence-corrected chi connectivity index (χ0v) is 18.2. The molecule has 0 amide bonds. The molecule has 0 saturated heterocycles. The van der Waals surface area contributed by atoms with Crippen LogP contribution in [0.4, 0.5) is 0 Å². The lowest BCUT2D eigenvalue weighted by molar-refractivity contribution is 0.189. The monoisotopic (exact) mass is 448 g/mol. The smallest absolute Gasteiger partial charge is 0.198 e. The Bertz CT molecular complexity index is 1030. The molecule has 0 saturated carbocycles. The maximum absolute atomic E-state index is 5.98. The van der Waals surface area contributed by atoms with Crippen molar-refractivity contribution in [1.29, 1.82) is 0 Å². The summed E-state index contributed by atoms with van der Waals surface area (Å²) in [4.78, 5) is 5.86. The number of nitrogens with zero attached hydrogens (tertiary/aromatic N) is 4. The second-order valence-electron chi connectivity index (χ2n) is 5.89. The van der Waals surface area contributed by atoms with Gasteiger partial charge < -0.3 is 9.30 Å². The molecule has 5 nitrogen and oxygen atoms in total. The van der Waals surface area contributed by atoms with Gasteiger partial charge >= 0.3 is 0 Å². The van der Waals surface area contributed by atoms with Crippen LogP contribution >= 0.6 is 46.0 Å². The molecule has 0 aliphatic heterocycles.